The van der Waals surface area contributed by atoms with Crippen molar-refractivity contribution >= 4 is 0 Å². The van der Waals surface area contributed by atoms with Crippen molar-refractivity contribution in [3.05, 3.63) is 179 Å². The van der Waals surface area contributed by atoms with Crippen LogP contribution in [0.3, 0.4) is 0 Å². The molecule has 5 aromatic rings. The van der Waals surface area contributed by atoms with Crippen molar-refractivity contribution in [1.29, 1.82) is 0 Å². The summed E-state index contributed by atoms with van der Waals surface area (Å²) >= 11 is 0. The second kappa shape index (κ2) is 19.6. The fraction of sp³-hybridized carbons (Fsp3) is 0.375. The van der Waals surface area contributed by atoms with Crippen molar-refractivity contribution in [3.63, 3.8) is 0 Å². The largest absolute Gasteiger partial charge is 0.368 e. The highest BCUT2D eigenvalue weighted by Gasteiger charge is 2.64. The van der Waals surface area contributed by atoms with E-state index in [2.05, 4.69) is 0 Å². The van der Waals surface area contributed by atoms with Gasteiger partial charge in [0.05, 0.1) is 45.7 Å². The number of methoxy groups -OCH3 is 1. The lowest BCUT2D eigenvalue weighted by molar-refractivity contribution is -0.515. The first-order chi connectivity index (χ1) is 28.6. The van der Waals surface area contributed by atoms with Gasteiger partial charge in [-0.2, -0.15) is 0 Å². The van der Waals surface area contributed by atoms with Gasteiger partial charge in [0.2, 0.25) is 0 Å². The molecule has 10 atom stereocenters. The Kier molecular flexibility index (Phi) is 13.7. The Morgan fingerprint density at radius 1 is 0.483 bits per heavy atom. The molecule has 3 heterocycles. The van der Waals surface area contributed by atoms with Crippen molar-refractivity contribution < 1.29 is 47.4 Å². The molecule has 0 unspecified atom stereocenters. The second-order valence-electron chi connectivity index (χ2n) is 14.9. The molecule has 5 aromatic carbocycles. The number of hydrogen-bond donors (Lipinski definition) is 0. The van der Waals surface area contributed by atoms with Crippen LogP contribution in [0.15, 0.2) is 152 Å². The van der Waals surface area contributed by atoms with Gasteiger partial charge in [-0.05, 0) is 34.7 Å². The molecule has 0 bridgehead atoms. The minimum absolute atomic E-state index is 0.0972. The highest BCUT2D eigenvalue weighted by atomic mass is 16.9. The summed E-state index contributed by atoms with van der Waals surface area (Å²) in [5, 5.41) is 0. The van der Waals surface area contributed by atoms with Crippen LogP contribution in [0.25, 0.3) is 0 Å². The van der Waals surface area contributed by atoms with Gasteiger partial charge in [0.1, 0.15) is 36.6 Å². The molecule has 8 rings (SSSR count). The zero-order valence-corrected chi connectivity index (χ0v) is 33.0. The minimum Gasteiger partial charge on any atom is -0.368 e. The first-order valence-electron chi connectivity index (χ1n) is 20.0. The highest BCUT2D eigenvalue weighted by Crippen LogP contribution is 2.44. The van der Waals surface area contributed by atoms with Crippen LogP contribution in [0, 0.1) is 0 Å². The van der Waals surface area contributed by atoms with Gasteiger partial charge in [-0.25, -0.2) is 0 Å². The summed E-state index contributed by atoms with van der Waals surface area (Å²) in [6.45, 7) is 3.55. The zero-order valence-electron chi connectivity index (χ0n) is 33.0. The van der Waals surface area contributed by atoms with E-state index in [4.69, 9.17) is 47.4 Å². The SMILES string of the molecule is CO[C@H]1O[C@@H]2CO[C@@]3(O[C@H]2[C@H](OCc2ccccc2)[C@H]1OCc1ccccc1)O[C@H](C)[C@H](OCc1ccccc1)[C@H](OCc1ccccc1)[C@H]3OCc1ccccc1. The van der Waals surface area contributed by atoms with Crippen molar-refractivity contribution in [2.75, 3.05) is 13.7 Å². The maximum absolute atomic E-state index is 7.17. The van der Waals surface area contributed by atoms with Crippen LogP contribution in [0.1, 0.15) is 34.7 Å². The van der Waals surface area contributed by atoms with Gasteiger partial charge < -0.3 is 47.4 Å². The van der Waals surface area contributed by atoms with Gasteiger partial charge in [-0.1, -0.05) is 152 Å². The van der Waals surface area contributed by atoms with Crippen LogP contribution >= 0.6 is 0 Å². The average molecular weight is 789 g/mol. The van der Waals surface area contributed by atoms with E-state index in [9.17, 15) is 0 Å². The van der Waals surface area contributed by atoms with Crippen molar-refractivity contribution in [2.45, 2.75) is 101 Å². The third-order valence-corrected chi connectivity index (χ3v) is 10.8. The van der Waals surface area contributed by atoms with Crippen LogP contribution < -0.4 is 0 Å². The van der Waals surface area contributed by atoms with Crippen molar-refractivity contribution in [3.8, 4) is 0 Å². The summed E-state index contributed by atoms with van der Waals surface area (Å²) in [5.74, 6) is -1.75. The highest BCUT2D eigenvalue weighted by molar-refractivity contribution is 5.18. The monoisotopic (exact) mass is 788 g/mol. The maximum atomic E-state index is 7.17. The van der Waals surface area contributed by atoms with Gasteiger partial charge in [0, 0.05) is 7.11 Å². The van der Waals surface area contributed by atoms with Gasteiger partial charge >= 0.3 is 5.97 Å². The van der Waals surface area contributed by atoms with E-state index in [-0.39, 0.29) is 13.2 Å². The Morgan fingerprint density at radius 3 is 1.33 bits per heavy atom. The van der Waals surface area contributed by atoms with Crippen LogP contribution in [0.5, 0.6) is 0 Å². The summed E-state index contributed by atoms with van der Waals surface area (Å²) in [6, 6.07) is 50.1. The summed E-state index contributed by atoms with van der Waals surface area (Å²) in [5.41, 5.74) is 5.00. The fourth-order valence-electron chi connectivity index (χ4n) is 7.81. The summed E-state index contributed by atoms with van der Waals surface area (Å²) in [6.07, 6.45) is -6.16. The molecule has 10 nitrogen and oxygen atoms in total. The normalized spacial score (nSPS) is 29.5. The lowest BCUT2D eigenvalue weighted by Gasteiger charge is -2.57. The van der Waals surface area contributed by atoms with Gasteiger partial charge in [-0.15, -0.1) is 0 Å². The number of fused-ring (bicyclic) bond motifs is 1. The Hall–Kier alpha value is -4.30. The lowest BCUT2D eigenvalue weighted by Crippen LogP contribution is -2.74. The van der Waals surface area contributed by atoms with E-state index in [1.54, 1.807) is 7.11 Å². The molecule has 0 aliphatic carbocycles. The molecule has 304 valence electrons. The molecule has 0 aromatic heterocycles. The third kappa shape index (κ3) is 9.76. The molecule has 10 heteroatoms. The Morgan fingerprint density at radius 2 is 0.879 bits per heavy atom. The molecule has 58 heavy (non-hydrogen) atoms. The van der Waals surface area contributed by atoms with Gasteiger partial charge in [0.15, 0.2) is 12.4 Å². The Labute approximate surface area is 340 Å². The molecule has 3 aliphatic rings. The summed E-state index contributed by atoms with van der Waals surface area (Å²) < 4.78 is 67.2. The maximum Gasteiger partial charge on any atom is 0.314 e. The molecule has 0 amide bonds. The van der Waals surface area contributed by atoms with E-state index < -0.39 is 61.1 Å². The van der Waals surface area contributed by atoms with E-state index in [1.807, 2.05) is 159 Å². The van der Waals surface area contributed by atoms with Crippen LogP contribution in [-0.2, 0) is 80.4 Å². The van der Waals surface area contributed by atoms with Crippen molar-refractivity contribution in [2.24, 2.45) is 0 Å². The lowest BCUT2D eigenvalue weighted by atomic mass is 9.93. The number of benzene rings is 5. The molecule has 0 saturated carbocycles. The Bertz CT molecular complexity index is 1940. The van der Waals surface area contributed by atoms with Crippen LogP contribution in [-0.4, -0.2) is 74.8 Å². The zero-order chi connectivity index (χ0) is 39.6. The third-order valence-electron chi connectivity index (χ3n) is 10.8. The first-order valence-corrected chi connectivity index (χ1v) is 20.0. The number of rotatable bonds is 16. The standard InChI is InChI=1S/C48H52O10/c1-34-41(50-28-35-18-8-3-9-19-35)44(52-30-37-22-12-5-13-23-37)46(54-32-39-26-16-7-17-27-39)48(57-34)55-33-40-42(58-48)43(51-29-36-20-10-4-11-21-36)45(47(49-2)56-40)53-31-38-24-14-6-15-25-38/h3-27,34,40-47H,28-33H2,1-2H3/t34-,40-,41+,42-,43+,44+,45-,46-,47+,48-/m1/s1. The van der Waals surface area contributed by atoms with Crippen LogP contribution in [0.4, 0.5) is 0 Å². The molecule has 3 saturated heterocycles. The van der Waals surface area contributed by atoms with E-state index in [0.29, 0.717) is 26.4 Å². The van der Waals surface area contributed by atoms with E-state index in [1.165, 1.54) is 0 Å². The number of ether oxygens (including phenoxy) is 10. The predicted octanol–water partition coefficient (Wildman–Crippen LogP) is 7.77. The quantitative estimate of drug-likeness (QED) is 0.0988. The average Bonchev–Trinajstić information content (AvgIpc) is 3.28. The molecular weight excluding hydrogens is 737 g/mol. The van der Waals surface area contributed by atoms with E-state index >= 15 is 0 Å². The molecule has 0 radical (unpaired) electrons. The first kappa shape index (κ1) is 40.5. The van der Waals surface area contributed by atoms with Crippen LogP contribution in [0.2, 0.25) is 0 Å². The Balaban J connectivity index is 1.14. The minimum atomic E-state index is -1.75. The van der Waals surface area contributed by atoms with Gasteiger partial charge in [-0.3, -0.25) is 0 Å². The smallest absolute Gasteiger partial charge is 0.314 e. The molecule has 3 fully saturated rings. The fourth-order valence-corrected chi connectivity index (χ4v) is 7.81. The topological polar surface area (TPSA) is 92.3 Å². The summed E-state index contributed by atoms with van der Waals surface area (Å²) in [7, 11) is 1.60. The molecular formula is C48H52O10. The molecule has 0 N–H and O–H groups in total. The van der Waals surface area contributed by atoms with Crippen molar-refractivity contribution in [1.82, 2.24) is 0 Å². The predicted molar refractivity (Wildman–Crippen MR) is 215 cm³/mol. The molecule has 1 spiro atoms. The van der Waals surface area contributed by atoms with E-state index in [0.717, 1.165) is 27.8 Å². The molecule has 3 aliphatic heterocycles. The second-order valence-corrected chi connectivity index (χ2v) is 14.9. The summed E-state index contributed by atoms with van der Waals surface area (Å²) in [4.78, 5) is 0. The number of hydrogen-bond acceptors (Lipinski definition) is 10. The van der Waals surface area contributed by atoms with Gasteiger partial charge in [0.25, 0.3) is 0 Å².